The number of hydrogen-bond donors (Lipinski definition) is 2. The Kier molecular flexibility index (Phi) is 8.77. The van der Waals surface area contributed by atoms with Gasteiger partial charge in [-0.15, -0.1) is 0 Å². The summed E-state index contributed by atoms with van der Waals surface area (Å²) < 4.78 is 30.7. The maximum Gasteiger partial charge on any atom is 0.387 e. The van der Waals surface area contributed by atoms with Crippen LogP contribution in [0, 0.1) is 0 Å². The van der Waals surface area contributed by atoms with Crippen molar-refractivity contribution in [2.45, 2.75) is 59.1 Å². The minimum absolute atomic E-state index is 0.0553. The summed E-state index contributed by atoms with van der Waals surface area (Å²) in [5, 5.41) is 0. The van der Waals surface area contributed by atoms with E-state index in [9.17, 15) is 23.2 Å². The van der Waals surface area contributed by atoms with Gasteiger partial charge in [0.25, 0.3) is 11.5 Å². The molecule has 0 saturated carbocycles. The zero-order valence-electron chi connectivity index (χ0n) is 17.7. The number of ether oxygens (including phenoxy) is 1. The molecule has 0 atom stereocenters. The molecule has 1 aromatic heterocycles. The Bertz CT molecular complexity index is 1000. The van der Waals surface area contributed by atoms with Gasteiger partial charge in [0, 0.05) is 18.7 Å². The van der Waals surface area contributed by atoms with E-state index in [2.05, 4.69) is 9.72 Å². The van der Waals surface area contributed by atoms with E-state index in [1.165, 1.54) is 33.7 Å². The van der Waals surface area contributed by atoms with Crippen molar-refractivity contribution in [3.63, 3.8) is 0 Å². The predicted octanol–water partition coefficient (Wildman–Crippen LogP) is 3.36. The summed E-state index contributed by atoms with van der Waals surface area (Å²) in [5.74, 6) is -0.884. The van der Waals surface area contributed by atoms with E-state index in [0.29, 0.717) is 19.4 Å². The molecule has 0 aliphatic carbocycles. The third-order valence-corrected chi connectivity index (χ3v) is 4.76. The number of nitrogen functional groups attached to an aromatic ring is 1. The highest BCUT2D eigenvalue weighted by Gasteiger charge is 2.25. The van der Waals surface area contributed by atoms with Crippen LogP contribution < -0.4 is 26.6 Å². The molecule has 0 unspecified atom stereocenters. The number of benzene rings is 1. The molecule has 1 aromatic carbocycles. The van der Waals surface area contributed by atoms with E-state index in [1.54, 1.807) is 0 Å². The molecule has 0 bridgehead atoms. The molecule has 3 N–H and O–H groups in total. The van der Waals surface area contributed by atoms with Crippen LogP contribution in [0.25, 0.3) is 0 Å². The van der Waals surface area contributed by atoms with Gasteiger partial charge in [-0.1, -0.05) is 39.2 Å². The molecule has 2 rings (SSSR count). The Balaban J connectivity index is 2.53. The second kappa shape index (κ2) is 11.3. The SMILES string of the molecule is CCCCCN(C(=O)c1cccc(OC(F)F)c1)c1c(N)n(CCCC)c(=O)[nH]c1=O. The Hall–Kier alpha value is -3.17. The van der Waals surface area contributed by atoms with E-state index in [0.717, 1.165) is 19.3 Å². The van der Waals surface area contributed by atoms with Gasteiger partial charge in [0.15, 0.2) is 5.69 Å². The number of carbonyl (C=O) groups is 1. The highest BCUT2D eigenvalue weighted by Crippen LogP contribution is 2.23. The van der Waals surface area contributed by atoms with Crippen LogP contribution in [0.5, 0.6) is 5.75 Å². The summed E-state index contributed by atoms with van der Waals surface area (Å²) in [4.78, 5) is 41.6. The summed E-state index contributed by atoms with van der Waals surface area (Å²) in [5.41, 5.74) is 4.67. The number of carbonyl (C=O) groups excluding carboxylic acids is 1. The first-order valence-corrected chi connectivity index (χ1v) is 10.3. The summed E-state index contributed by atoms with van der Waals surface area (Å²) in [6.07, 6.45) is 3.72. The van der Waals surface area contributed by atoms with Crippen molar-refractivity contribution >= 4 is 17.4 Å². The molecule has 1 amide bonds. The largest absolute Gasteiger partial charge is 0.435 e. The quantitative estimate of drug-likeness (QED) is 0.523. The van der Waals surface area contributed by atoms with Crippen LogP contribution in [0.15, 0.2) is 33.9 Å². The highest BCUT2D eigenvalue weighted by atomic mass is 19.3. The van der Waals surface area contributed by atoms with Gasteiger partial charge < -0.3 is 15.4 Å². The number of hydrogen-bond acceptors (Lipinski definition) is 5. The second-order valence-electron chi connectivity index (χ2n) is 7.07. The number of unbranched alkanes of at least 4 members (excludes halogenated alkanes) is 3. The van der Waals surface area contributed by atoms with E-state index >= 15 is 0 Å². The van der Waals surface area contributed by atoms with Gasteiger partial charge in [0.05, 0.1) is 0 Å². The number of H-pyrrole nitrogens is 1. The second-order valence-corrected chi connectivity index (χ2v) is 7.07. The molecule has 31 heavy (non-hydrogen) atoms. The van der Waals surface area contributed by atoms with Crippen LogP contribution >= 0.6 is 0 Å². The first-order chi connectivity index (χ1) is 14.8. The van der Waals surface area contributed by atoms with Crippen LogP contribution in [0.1, 0.15) is 56.3 Å². The van der Waals surface area contributed by atoms with E-state index < -0.39 is 23.8 Å². The number of aromatic nitrogens is 2. The highest BCUT2D eigenvalue weighted by molar-refractivity contribution is 6.07. The number of alkyl halides is 2. The van der Waals surface area contributed by atoms with Crippen LogP contribution in [0.2, 0.25) is 0 Å². The maximum absolute atomic E-state index is 13.3. The van der Waals surface area contributed by atoms with Gasteiger partial charge in [-0.05, 0) is 31.0 Å². The van der Waals surface area contributed by atoms with Gasteiger partial charge in [-0.25, -0.2) is 4.79 Å². The summed E-state index contributed by atoms with van der Waals surface area (Å²) >= 11 is 0. The van der Waals surface area contributed by atoms with Crippen molar-refractivity contribution in [3.8, 4) is 5.75 Å². The number of rotatable bonds is 11. The molecule has 0 radical (unpaired) electrons. The number of halogens is 2. The number of anilines is 2. The molecule has 0 fully saturated rings. The predicted molar refractivity (Wildman–Crippen MR) is 115 cm³/mol. The zero-order valence-corrected chi connectivity index (χ0v) is 17.7. The topological polar surface area (TPSA) is 110 Å². The Morgan fingerprint density at radius 3 is 2.55 bits per heavy atom. The lowest BCUT2D eigenvalue weighted by Crippen LogP contribution is -2.41. The van der Waals surface area contributed by atoms with Crippen LogP contribution in [0.4, 0.5) is 20.3 Å². The van der Waals surface area contributed by atoms with Crippen molar-refractivity contribution in [2.24, 2.45) is 0 Å². The van der Waals surface area contributed by atoms with Crippen molar-refractivity contribution in [1.29, 1.82) is 0 Å². The molecule has 10 heteroatoms. The standard InChI is InChI=1S/C21H28F2N4O4/c1-3-5-7-12-26(19(29)14-9-8-10-15(13-14)31-20(22)23)16-17(24)27(11-6-4-2)21(30)25-18(16)28/h8-10,13,20H,3-7,11-12,24H2,1-2H3,(H,25,28,30). The molecule has 8 nitrogen and oxygen atoms in total. The summed E-state index contributed by atoms with van der Waals surface area (Å²) in [6, 6.07) is 5.32. The Morgan fingerprint density at radius 2 is 1.90 bits per heavy atom. The van der Waals surface area contributed by atoms with Gasteiger partial charge in [0.1, 0.15) is 11.6 Å². The first kappa shape index (κ1) is 24.1. The molecule has 0 aliphatic heterocycles. The third kappa shape index (κ3) is 6.16. The lowest BCUT2D eigenvalue weighted by atomic mass is 10.1. The number of aromatic amines is 1. The lowest BCUT2D eigenvalue weighted by molar-refractivity contribution is -0.0498. The molecule has 0 saturated heterocycles. The number of nitrogens with two attached hydrogens (primary N) is 1. The minimum atomic E-state index is -3.04. The van der Waals surface area contributed by atoms with Crippen molar-refractivity contribution in [3.05, 3.63) is 50.7 Å². The van der Waals surface area contributed by atoms with Crippen LogP contribution in [0.3, 0.4) is 0 Å². The Labute approximate surface area is 178 Å². The van der Waals surface area contributed by atoms with Gasteiger partial charge in [0.2, 0.25) is 0 Å². The fourth-order valence-corrected chi connectivity index (χ4v) is 3.17. The average Bonchev–Trinajstić information content (AvgIpc) is 2.71. The van der Waals surface area contributed by atoms with Gasteiger partial charge in [-0.2, -0.15) is 8.78 Å². The monoisotopic (exact) mass is 438 g/mol. The van der Waals surface area contributed by atoms with Crippen LogP contribution in [-0.2, 0) is 6.54 Å². The average molecular weight is 438 g/mol. The van der Waals surface area contributed by atoms with Gasteiger partial charge in [-0.3, -0.25) is 19.1 Å². The molecule has 2 aromatic rings. The number of nitrogens with one attached hydrogen (secondary N) is 1. The van der Waals surface area contributed by atoms with Crippen molar-refractivity contribution in [1.82, 2.24) is 9.55 Å². The Morgan fingerprint density at radius 1 is 1.19 bits per heavy atom. The maximum atomic E-state index is 13.3. The number of amides is 1. The van der Waals surface area contributed by atoms with E-state index in [1.807, 2.05) is 13.8 Å². The van der Waals surface area contributed by atoms with Crippen molar-refractivity contribution < 1.29 is 18.3 Å². The van der Waals surface area contributed by atoms with Crippen LogP contribution in [-0.4, -0.2) is 28.6 Å². The lowest BCUT2D eigenvalue weighted by Gasteiger charge is -2.25. The van der Waals surface area contributed by atoms with E-state index in [-0.39, 0.29) is 29.4 Å². The normalized spacial score (nSPS) is 11.0. The third-order valence-electron chi connectivity index (χ3n) is 4.76. The van der Waals surface area contributed by atoms with E-state index in [4.69, 9.17) is 5.73 Å². The molecular weight excluding hydrogens is 410 g/mol. The smallest absolute Gasteiger partial charge is 0.387 e. The molecular formula is C21H28F2N4O4. The van der Waals surface area contributed by atoms with Crippen molar-refractivity contribution in [2.75, 3.05) is 17.2 Å². The molecule has 0 aliphatic rings. The van der Waals surface area contributed by atoms with Gasteiger partial charge >= 0.3 is 12.3 Å². The molecule has 0 spiro atoms. The zero-order chi connectivity index (χ0) is 23.0. The first-order valence-electron chi connectivity index (χ1n) is 10.3. The minimum Gasteiger partial charge on any atom is -0.435 e. The summed E-state index contributed by atoms with van der Waals surface area (Å²) in [6.45, 7) is 1.37. The summed E-state index contributed by atoms with van der Waals surface area (Å²) in [7, 11) is 0. The number of nitrogens with zero attached hydrogens (tertiary/aromatic N) is 2. The molecule has 1 heterocycles. The fourth-order valence-electron chi connectivity index (χ4n) is 3.17. The fraction of sp³-hybridized carbons (Fsp3) is 0.476. The molecule has 170 valence electrons.